The van der Waals surface area contributed by atoms with Gasteiger partial charge in [-0.05, 0) is 60.5 Å². The molecular weight excluding hydrogens is 460 g/mol. The zero-order valence-electron chi connectivity index (χ0n) is 19.3. The van der Waals surface area contributed by atoms with Gasteiger partial charge in [0.25, 0.3) is 11.8 Å². The molecule has 0 bridgehead atoms. The van der Waals surface area contributed by atoms with E-state index in [4.69, 9.17) is 4.74 Å². The number of hydrogen-bond donors (Lipinski definition) is 0. The summed E-state index contributed by atoms with van der Waals surface area (Å²) in [6.45, 7) is 0.234. The van der Waals surface area contributed by atoms with Crippen molar-refractivity contribution < 1.29 is 28.7 Å². The van der Waals surface area contributed by atoms with Gasteiger partial charge in [0.1, 0.15) is 0 Å². The van der Waals surface area contributed by atoms with Crippen molar-refractivity contribution in [3.8, 4) is 0 Å². The number of hydrogen-bond acceptors (Lipinski definition) is 6. The van der Waals surface area contributed by atoms with Gasteiger partial charge in [0.2, 0.25) is 5.91 Å². The van der Waals surface area contributed by atoms with Crippen LogP contribution in [0.3, 0.4) is 0 Å². The fourth-order valence-corrected chi connectivity index (χ4v) is 4.41. The van der Waals surface area contributed by atoms with Crippen molar-refractivity contribution in [1.82, 2.24) is 4.90 Å². The number of anilines is 1. The Labute approximate surface area is 207 Å². The second-order valence-electron chi connectivity index (χ2n) is 8.64. The average Bonchev–Trinajstić information content (AvgIpc) is 3.44. The van der Waals surface area contributed by atoms with E-state index in [1.165, 1.54) is 6.07 Å². The van der Waals surface area contributed by atoms with Gasteiger partial charge in [0, 0.05) is 24.2 Å². The number of rotatable bonds is 7. The maximum atomic E-state index is 12.6. The van der Waals surface area contributed by atoms with Crippen LogP contribution in [0.2, 0.25) is 0 Å². The Balaban J connectivity index is 1.20. The first-order chi connectivity index (χ1) is 17.4. The molecule has 0 radical (unpaired) electrons. The molecule has 2 aliphatic rings. The van der Waals surface area contributed by atoms with Gasteiger partial charge in [-0.25, -0.2) is 4.79 Å². The molecule has 0 saturated carbocycles. The van der Waals surface area contributed by atoms with Crippen molar-refractivity contribution >= 4 is 35.2 Å². The number of amides is 3. The van der Waals surface area contributed by atoms with Crippen molar-refractivity contribution in [2.75, 3.05) is 18.1 Å². The summed E-state index contributed by atoms with van der Waals surface area (Å²) >= 11 is 0. The number of carbonyl (C=O) groups is 5. The van der Waals surface area contributed by atoms with Crippen molar-refractivity contribution in [3.63, 3.8) is 0 Å². The Bertz CT molecular complexity index is 1360. The summed E-state index contributed by atoms with van der Waals surface area (Å²) in [5.41, 5.74) is 2.61. The van der Waals surface area contributed by atoms with Crippen LogP contribution in [0.15, 0.2) is 72.8 Å². The van der Waals surface area contributed by atoms with Gasteiger partial charge >= 0.3 is 5.97 Å². The summed E-state index contributed by atoms with van der Waals surface area (Å²) in [6, 6.07) is 19.7. The predicted octanol–water partition coefficient (Wildman–Crippen LogP) is 3.65. The second kappa shape index (κ2) is 9.58. The van der Waals surface area contributed by atoms with Crippen LogP contribution in [-0.4, -0.2) is 47.5 Å². The number of ketones is 1. The molecule has 2 aliphatic heterocycles. The van der Waals surface area contributed by atoms with Gasteiger partial charge in [-0.1, -0.05) is 24.3 Å². The van der Waals surface area contributed by atoms with Crippen LogP contribution in [0.25, 0.3) is 0 Å². The SMILES string of the molecule is O=C(COC(=O)c1cccc(CN2C(=O)c3ccccc3C2=O)c1)c1ccc(N2CCCC2=O)cc1. The molecule has 8 nitrogen and oxygen atoms in total. The molecule has 2 heterocycles. The lowest BCUT2D eigenvalue weighted by Gasteiger charge is -2.15. The number of ether oxygens (including phenoxy) is 1. The van der Waals surface area contributed by atoms with Gasteiger partial charge in [-0.15, -0.1) is 0 Å². The molecule has 3 amide bonds. The topological polar surface area (TPSA) is 101 Å². The summed E-state index contributed by atoms with van der Waals surface area (Å²) in [4.78, 5) is 65.0. The van der Waals surface area contributed by atoms with Crippen LogP contribution in [0.1, 0.15) is 59.8 Å². The lowest BCUT2D eigenvalue weighted by atomic mass is 10.1. The van der Waals surface area contributed by atoms with Crippen molar-refractivity contribution in [1.29, 1.82) is 0 Å². The fraction of sp³-hybridized carbons (Fsp3) is 0.179. The number of benzene rings is 3. The first-order valence-electron chi connectivity index (χ1n) is 11.6. The Kier molecular flexibility index (Phi) is 6.16. The van der Waals surface area contributed by atoms with Crippen molar-refractivity contribution in [2.45, 2.75) is 19.4 Å². The van der Waals surface area contributed by atoms with Crippen LogP contribution < -0.4 is 4.90 Å². The van der Waals surface area contributed by atoms with Gasteiger partial charge in [0.15, 0.2) is 12.4 Å². The Morgan fingerprint density at radius 2 is 1.50 bits per heavy atom. The quantitative estimate of drug-likeness (QED) is 0.290. The first-order valence-corrected chi connectivity index (χ1v) is 11.6. The van der Waals surface area contributed by atoms with Crippen LogP contribution in [0.4, 0.5) is 5.69 Å². The molecule has 180 valence electrons. The second-order valence-corrected chi connectivity index (χ2v) is 8.64. The van der Waals surface area contributed by atoms with Crippen LogP contribution in [-0.2, 0) is 16.1 Å². The van der Waals surface area contributed by atoms with Gasteiger partial charge in [0.05, 0.1) is 23.2 Å². The highest BCUT2D eigenvalue weighted by Crippen LogP contribution is 2.25. The molecule has 0 N–H and O–H groups in total. The summed E-state index contributed by atoms with van der Waals surface area (Å²) in [7, 11) is 0. The highest BCUT2D eigenvalue weighted by atomic mass is 16.5. The molecule has 0 aliphatic carbocycles. The number of carbonyl (C=O) groups excluding carboxylic acids is 5. The largest absolute Gasteiger partial charge is 0.454 e. The van der Waals surface area contributed by atoms with Crippen LogP contribution in [0.5, 0.6) is 0 Å². The fourth-order valence-electron chi connectivity index (χ4n) is 4.41. The number of esters is 1. The molecule has 1 fully saturated rings. The summed E-state index contributed by atoms with van der Waals surface area (Å²) in [5, 5.41) is 0. The Morgan fingerprint density at radius 3 is 2.14 bits per heavy atom. The Morgan fingerprint density at radius 1 is 0.806 bits per heavy atom. The van der Waals surface area contributed by atoms with E-state index in [2.05, 4.69) is 0 Å². The third-order valence-electron chi connectivity index (χ3n) is 6.29. The number of Topliss-reactive ketones (excluding diaryl/α,β-unsaturated/α-hetero) is 1. The lowest BCUT2D eigenvalue weighted by molar-refractivity contribution is -0.117. The van der Waals surface area contributed by atoms with E-state index in [0.717, 1.165) is 17.0 Å². The van der Waals surface area contributed by atoms with E-state index in [-0.39, 0.29) is 35.6 Å². The summed E-state index contributed by atoms with van der Waals surface area (Å²) < 4.78 is 5.21. The normalized spacial score (nSPS) is 14.8. The minimum Gasteiger partial charge on any atom is -0.454 e. The van der Waals surface area contributed by atoms with E-state index in [1.54, 1.807) is 71.6 Å². The summed E-state index contributed by atoms with van der Waals surface area (Å²) in [6.07, 6.45) is 1.34. The third kappa shape index (κ3) is 4.40. The molecule has 36 heavy (non-hydrogen) atoms. The highest BCUT2D eigenvalue weighted by molar-refractivity contribution is 6.21. The first kappa shape index (κ1) is 23.2. The van der Waals surface area contributed by atoms with Crippen molar-refractivity contribution in [2.24, 2.45) is 0 Å². The molecule has 8 heteroatoms. The van der Waals surface area contributed by atoms with E-state index < -0.39 is 12.6 Å². The Hall–Kier alpha value is -4.59. The monoisotopic (exact) mass is 482 g/mol. The zero-order chi connectivity index (χ0) is 25.2. The molecule has 3 aromatic rings. The maximum absolute atomic E-state index is 12.6. The predicted molar refractivity (Wildman–Crippen MR) is 130 cm³/mol. The molecule has 0 spiro atoms. The van der Waals surface area contributed by atoms with Gasteiger partial charge < -0.3 is 9.64 Å². The third-order valence-corrected chi connectivity index (χ3v) is 6.29. The smallest absolute Gasteiger partial charge is 0.338 e. The number of imide groups is 1. The lowest BCUT2D eigenvalue weighted by Crippen LogP contribution is -2.29. The van der Waals surface area contributed by atoms with E-state index in [9.17, 15) is 24.0 Å². The maximum Gasteiger partial charge on any atom is 0.338 e. The summed E-state index contributed by atoms with van der Waals surface area (Å²) in [5.74, 6) is -1.76. The standard InChI is InChI=1S/C28H22N2O6/c31-24(19-10-12-21(13-11-19)29-14-4-9-25(29)32)17-36-28(35)20-6-3-5-18(15-20)16-30-26(33)22-7-1-2-8-23(22)27(30)34/h1-3,5-8,10-13,15H,4,9,14,16-17H2. The number of nitrogens with zero attached hydrogens (tertiary/aromatic N) is 2. The molecule has 0 atom stereocenters. The minimum atomic E-state index is -0.688. The van der Waals surface area contributed by atoms with E-state index >= 15 is 0 Å². The van der Waals surface area contributed by atoms with E-state index in [0.29, 0.717) is 35.2 Å². The zero-order valence-corrected chi connectivity index (χ0v) is 19.3. The highest BCUT2D eigenvalue weighted by Gasteiger charge is 2.35. The molecule has 5 rings (SSSR count). The van der Waals surface area contributed by atoms with Gasteiger partial charge in [-0.2, -0.15) is 0 Å². The molecule has 3 aromatic carbocycles. The van der Waals surface area contributed by atoms with Crippen molar-refractivity contribution in [3.05, 3.63) is 101 Å². The van der Waals surface area contributed by atoms with Crippen LogP contribution in [0, 0.1) is 0 Å². The molecule has 1 saturated heterocycles. The van der Waals surface area contributed by atoms with Gasteiger partial charge in [-0.3, -0.25) is 24.1 Å². The van der Waals surface area contributed by atoms with Crippen LogP contribution >= 0.6 is 0 Å². The molecule has 0 aromatic heterocycles. The minimum absolute atomic E-state index is 0.0122. The van der Waals surface area contributed by atoms with E-state index in [1.807, 2.05) is 0 Å². The average molecular weight is 482 g/mol. The molecule has 0 unspecified atom stereocenters. The number of fused-ring (bicyclic) bond motifs is 1. The molecular formula is C28H22N2O6.